The van der Waals surface area contributed by atoms with Gasteiger partial charge in [-0.15, -0.1) is 0 Å². The summed E-state index contributed by atoms with van der Waals surface area (Å²) in [7, 11) is 0. The predicted octanol–water partition coefficient (Wildman–Crippen LogP) is 1.53. The van der Waals surface area contributed by atoms with Gasteiger partial charge in [0, 0.05) is 11.8 Å². The maximum Gasteiger partial charge on any atom is 0.339 e. The summed E-state index contributed by atoms with van der Waals surface area (Å²) in [5.74, 6) is -0.953. The van der Waals surface area contributed by atoms with E-state index in [1.165, 1.54) is 6.20 Å². The lowest BCUT2D eigenvalue weighted by Crippen LogP contribution is -1.99. The number of aryl methyl sites for hydroxylation is 1. The molecular weight excluding hydrogens is 196 g/mol. The third kappa shape index (κ3) is 1.90. The number of rotatable bonds is 3. The van der Waals surface area contributed by atoms with Crippen LogP contribution in [0.2, 0.25) is 0 Å². The smallest absolute Gasteiger partial charge is 0.339 e. The average Bonchev–Trinajstić information content (AvgIpc) is 2.75. The van der Waals surface area contributed by atoms with E-state index in [2.05, 4.69) is 5.10 Å². The standard InChI is InChI=1S/C10H10N2O3/c1-7-9(10(13)14)5-12(11-7)4-8-2-3-15-6-8/h2-3,5-6H,4H2,1H3,(H,13,14). The molecule has 2 heterocycles. The van der Waals surface area contributed by atoms with E-state index in [0.717, 1.165) is 5.56 Å². The first-order valence-corrected chi connectivity index (χ1v) is 4.45. The predicted molar refractivity (Wildman–Crippen MR) is 51.7 cm³/mol. The molecule has 1 N–H and O–H groups in total. The lowest BCUT2D eigenvalue weighted by molar-refractivity contribution is 0.0696. The van der Waals surface area contributed by atoms with Crippen LogP contribution in [0.25, 0.3) is 0 Å². The molecule has 15 heavy (non-hydrogen) atoms. The number of hydrogen-bond donors (Lipinski definition) is 1. The summed E-state index contributed by atoms with van der Waals surface area (Å²) >= 11 is 0. The van der Waals surface area contributed by atoms with Crippen LogP contribution >= 0.6 is 0 Å². The molecule has 5 nitrogen and oxygen atoms in total. The van der Waals surface area contributed by atoms with Crippen molar-refractivity contribution in [2.45, 2.75) is 13.5 Å². The van der Waals surface area contributed by atoms with Crippen LogP contribution in [0, 0.1) is 6.92 Å². The van der Waals surface area contributed by atoms with Crippen molar-refractivity contribution >= 4 is 5.97 Å². The van der Waals surface area contributed by atoms with Crippen LogP contribution in [0.1, 0.15) is 21.6 Å². The number of aromatic carboxylic acids is 1. The Kier molecular flexibility index (Phi) is 2.29. The van der Waals surface area contributed by atoms with E-state index >= 15 is 0 Å². The molecule has 0 aromatic carbocycles. The lowest BCUT2D eigenvalue weighted by atomic mass is 10.3. The zero-order valence-electron chi connectivity index (χ0n) is 8.17. The molecule has 78 valence electrons. The fourth-order valence-corrected chi connectivity index (χ4v) is 1.38. The molecule has 0 saturated carbocycles. The molecule has 0 amide bonds. The molecule has 0 radical (unpaired) electrons. The molecule has 0 unspecified atom stereocenters. The van der Waals surface area contributed by atoms with Crippen LogP contribution in [0.5, 0.6) is 0 Å². The minimum absolute atomic E-state index is 0.235. The highest BCUT2D eigenvalue weighted by Crippen LogP contribution is 2.08. The summed E-state index contributed by atoms with van der Waals surface area (Å²) < 4.78 is 6.50. The number of furan rings is 1. The first-order valence-electron chi connectivity index (χ1n) is 4.45. The number of carboxylic acids is 1. The molecule has 2 aromatic heterocycles. The van der Waals surface area contributed by atoms with E-state index in [0.29, 0.717) is 12.2 Å². The lowest BCUT2D eigenvalue weighted by Gasteiger charge is -1.95. The second kappa shape index (κ2) is 3.61. The molecule has 0 spiro atoms. The Bertz CT molecular complexity index is 471. The third-order valence-corrected chi connectivity index (χ3v) is 2.10. The van der Waals surface area contributed by atoms with E-state index in [9.17, 15) is 4.79 Å². The maximum atomic E-state index is 10.8. The van der Waals surface area contributed by atoms with Crippen molar-refractivity contribution in [2.75, 3.05) is 0 Å². The minimum Gasteiger partial charge on any atom is -0.478 e. The topological polar surface area (TPSA) is 68.3 Å². The van der Waals surface area contributed by atoms with Crippen molar-refractivity contribution in [3.05, 3.63) is 41.6 Å². The number of hydrogen-bond acceptors (Lipinski definition) is 3. The van der Waals surface area contributed by atoms with Crippen molar-refractivity contribution in [2.24, 2.45) is 0 Å². The Hall–Kier alpha value is -2.04. The molecule has 2 rings (SSSR count). The van der Waals surface area contributed by atoms with Crippen molar-refractivity contribution in [1.82, 2.24) is 9.78 Å². The number of aromatic nitrogens is 2. The zero-order valence-corrected chi connectivity index (χ0v) is 8.17. The minimum atomic E-state index is -0.953. The average molecular weight is 206 g/mol. The highest BCUT2D eigenvalue weighted by molar-refractivity contribution is 5.88. The Morgan fingerprint density at radius 2 is 2.47 bits per heavy atom. The summed E-state index contributed by atoms with van der Waals surface area (Å²) in [5.41, 5.74) is 1.71. The first kappa shape index (κ1) is 9.51. The molecular formula is C10H10N2O3. The summed E-state index contributed by atoms with van der Waals surface area (Å²) in [4.78, 5) is 10.8. The Labute approximate surface area is 85.9 Å². The Balaban J connectivity index is 2.23. The molecule has 0 aliphatic rings. The maximum absolute atomic E-state index is 10.8. The fraction of sp³-hybridized carbons (Fsp3) is 0.200. The monoisotopic (exact) mass is 206 g/mol. The largest absolute Gasteiger partial charge is 0.478 e. The van der Waals surface area contributed by atoms with Gasteiger partial charge in [0.2, 0.25) is 0 Å². The molecule has 0 atom stereocenters. The summed E-state index contributed by atoms with van der Waals surface area (Å²) in [6.07, 6.45) is 4.70. The third-order valence-electron chi connectivity index (χ3n) is 2.10. The highest BCUT2D eigenvalue weighted by atomic mass is 16.4. The van der Waals surface area contributed by atoms with Gasteiger partial charge < -0.3 is 9.52 Å². The molecule has 0 saturated heterocycles. The van der Waals surface area contributed by atoms with Gasteiger partial charge in [0.05, 0.1) is 24.8 Å². The van der Waals surface area contributed by atoms with Gasteiger partial charge in [-0.1, -0.05) is 0 Å². The van der Waals surface area contributed by atoms with Gasteiger partial charge in [-0.2, -0.15) is 5.10 Å². The van der Waals surface area contributed by atoms with Gasteiger partial charge in [-0.3, -0.25) is 4.68 Å². The van der Waals surface area contributed by atoms with Crippen LogP contribution in [0.15, 0.2) is 29.2 Å². The Morgan fingerprint density at radius 1 is 1.67 bits per heavy atom. The molecule has 0 fully saturated rings. The summed E-state index contributed by atoms with van der Waals surface area (Å²) in [5, 5.41) is 12.9. The van der Waals surface area contributed by atoms with Crippen LogP contribution in [-0.4, -0.2) is 20.9 Å². The normalized spacial score (nSPS) is 10.5. The van der Waals surface area contributed by atoms with E-state index in [4.69, 9.17) is 9.52 Å². The molecule has 0 aliphatic heterocycles. The number of carboxylic acid groups (broad SMARTS) is 1. The fourth-order valence-electron chi connectivity index (χ4n) is 1.38. The van der Waals surface area contributed by atoms with Gasteiger partial charge in [0.25, 0.3) is 0 Å². The summed E-state index contributed by atoms with van der Waals surface area (Å²) in [6.45, 7) is 2.19. The van der Waals surface area contributed by atoms with Gasteiger partial charge >= 0.3 is 5.97 Å². The van der Waals surface area contributed by atoms with Crippen LogP contribution in [0.3, 0.4) is 0 Å². The van der Waals surface area contributed by atoms with Gasteiger partial charge in [-0.25, -0.2) is 4.79 Å². The number of nitrogens with zero attached hydrogens (tertiary/aromatic N) is 2. The number of carbonyl (C=O) groups is 1. The van der Waals surface area contributed by atoms with E-state index < -0.39 is 5.97 Å². The van der Waals surface area contributed by atoms with Crippen LogP contribution in [0.4, 0.5) is 0 Å². The van der Waals surface area contributed by atoms with E-state index in [-0.39, 0.29) is 5.56 Å². The van der Waals surface area contributed by atoms with Gasteiger partial charge in [0.15, 0.2) is 0 Å². The van der Waals surface area contributed by atoms with Crippen molar-refractivity contribution < 1.29 is 14.3 Å². The van der Waals surface area contributed by atoms with E-state index in [1.54, 1.807) is 24.1 Å². The van der Waals surface area contributed by atoms with Crippen molar-refractivity contribution in [3.8, 4) is 0 Å². The molecule has 2 aromatic rings. The van der Waals surface area contributed by atoms with Crippen LogP contribution in [-0.2, 0) is 6.54 Å². The zero-order chi connectivity index (χ0) is 10.8. The molecule has 5 heteroatoms. The van der Waals surface area contributed by atoms with Gasteiger partial charge in [-0.05, 0) is 13.0 Å². The first-order chi connectivity index (χ1) is 7.16. The van der Waals surface area contributed by atoms with Crippen molar-refractivity contribution in [3.63, 3.8) is 0 Å². The van der Waals surface area contributed by atoms with Crippen molar-refractivity contribution in [1.29, 1.82) is 0 Å². The summed E-state index contributed by atoms with van der Waals surface area (Å²) in [6, 6.07) is 1.82. The van der Waals surface area contributed by atoms with Crippen LogP contribution < -0.4 is 0 Å². The highest BCUT2D eigenvalue weighted by Gasteiger charge is 2.11. The van der Waals surface area contributed by atoms with E-state index in [1.807, 2.05) is 6.07 Å². The SMILES string of the molecule is Cc1nn(Cc2ccoc2)cc1C(=O)O. The molecule has 0 bridgehead atoms. The second-order valence-electron chi connectivity index (χ2n) is 3.26. The van der Waals surface area contributed by atoms with Gasteiger partial charge in [0.1, 0.15) is 5.56 Å². The quantitative estimate of drug-likeness (QED) is 0.826. The molecule has 0 aliphatic carbocycles. The second-order valence-corrected chi connectivity index (χ2v) is 3.26. The Morgan fingerprint density at radius 3 is 3.00 bits per heavy atom.